The fraction of sp³-hybridized carbons (Fsp3) is 0.585. The van der Waals surface area contributed by atoms with Crippen LogP contribution >= 0.6 is 11.8 Å². The summed E-state index contributed by atoms with van der Waals surface area (Å²) in [5.41, 5.74) is 8.25. The van der Waals surface area contributed by atoms with E-state index in [1.165, 1.54) is 16.8 Å². The van der Waals surface area contributed by atoms with Gasteiger partial charge in [0.25, 0.3) is 5.91 Å². The Labute approximate surface area is 326 Å². The number of aliphatic imine (C=N–C) groups is 2. The van der Waals surface area contributed by atoms with Crippen molar-refractivity contribution in [3.8, 4) is 0 Å². The fourth-order valence-electron chi connectivity index (χ4n) is 8.27. The molecule has 4 heterocycles. The number of cyclic esters (lactones) is 1. The van der Waals surface area contributed by atoms with E-state index < -0.39 is 59.5 Å². The molecule has 11 nitrogen and oxygen atoms in total. The number of ether oxygens (including phenoxy) is 2. The highest BCUT2D eigenvalue weighted by Crippen LogP contribution is 2.50. The van der Waals surface area contributed by atoms with Gasteiger partial charge in [-0.1, -0.05) is 39.5 Å². The second-order valence-electron chi connectivity index (χ2n) is 15.8. The predicted molar refractivity (Wildman–Crippen MR) is 213 cm³/mol. The summed E-state index contributed by atoms with van der Waals surface area (Å²) in [6, 6.07) is 4.35. The van der Waals surface area contributed by atoms with Crippen molar-refractivity contribution < 1.29 is 32.6 Å². The Morgan fingerprint density at radius 3 is 2.73 bits per heavy atom. The number of hydrogen-bond donors (Lipinski definition) is 2. The number of hydrazine groups is 1. The third-order valence-corrected chi connectivity index (χ3v) is 12.5. The molecule has 55 heavy (non-hydrogen) atoms. The lowest BCUT2D eigenvalue weighted by Crippen LogP contribution is -2.60. The van der Waals surface area contributed by atoms with E-state index in [0.717, 1.165) is 39.0 Å². The van der Waals surface area contributed by atoms with E-state index in [-0.39, 0.29) is 25.2 Å². The Kier molecular flexibility index (Phi) is 12.4. The molecule has 2 aromatic rings. The van der Waals surface area contributed by atoms with E-state index in [9.17, 15) is 23.2 Å². The quantitative estimate of drug-likeness (QED) is 0.169. The standard InChI is InChI=1S/C41H54F2N6O5S/c1-9-25(35(44-10-2)23(5)53-8)36-27-19-41(6,7)21-54-40(52)28-13-12-16-49(47-28)39(51)29(46-38(50)34-22(4)33(34)37(42)43)18-32-45-30(20-55-32)24-14-15-31(26(27)17-24)48(36)11-3/h9-10,14-15,17,22-23,28-30,33-34,37,47H,1,11-13,16,18-21H2,2-8H3,(H,46,50)/b35-25+,44-10-/t22-,23+,28+,29+,30?,33+,34+/m1/s1. The van der Waals surface area contributed by atoms with Gasteiger partial charge < -0.3 is 19.4 Å². The molecule has 3 aliphatic heterocycles. The minimum absolute atomic E-state index is 0.101. The molecule has 6 rings (SSSR count). The van der Waals surface area contributed by atoms with Gasteiger partial charge in [-0.05, 0) is 69.2 Å². The summed E-state index contributed by atoms with van der Waals surface area (Å²) in [7, 11) is 1.66. The maximum atomic E-state index is 14.1. The first-order valence-corrected chi connectivity index (χ1v) is 20.3. The molecular weight excluding hydrogens is 727 g/mol. The van der Waals surface area contributed by atoms with Crippen molar-refractivity contribution in [2.24, 2.45) is 33.2 Å². The molecule has 2 fully saturated rings. The third-order valence-electron chi connectivity index (χ3n) is 11.4. The number of hydrogen-bond acceptors (Lipinski definition) is 9. The number of halogens is 2. The van der Waals surface area contributed by atoms with Crippen LogP contribution in [-0.2, 0) is 36.8 Å². The third kappa shape index (κ3) is 8.32. The van der Waals surface area contributed by atoms with Gasteiger partial charge in [0.05, 0.1) is 35.2 Å². The number of amides is 2. The Morgan fingerprint density at radius 2 is 2.07 bits per heavy atom. The largest absolute Gasteiger partial charge is 0.464 e. The van der Waals surface area contributed by atoms with Gasteiger partial charge in [-0.25, -0.2) is 14.2 Å². The Balaban J connectivity index is 1.47. The summed E-state index contributed by atoms with van der Waals surface area (Å²) < 4.78 is 41.3. The first-order chi connectivity index (χ1) is 26.2. The molecule has 1 aliphatic carbocycles. The van der Waals surface area contributed by atoms with Crippen molar-refractivity contribution >= 4 is 57.3 Å². The number of alkyl halides is 2. The maximum Gasteiger partial charge on any atom is 0.324 e. The Morgan fingerprint density at radius 1 is 1.31 bits per heavy atom. The van der Waals surface area contributed by atoms with Gasteiger partial charge in [0.1, 0.15) is 12.1 Å². The second-order valence-corrected chi connectivity index (χ2v) is 16.9. The smallest absolute Gasteiger partial charge is 0.324 e. The number of rotatable bonds is 9. The number of nitrogens with zero attached hydrogens (tertiary/aromatic N) is 4. The lowest BCUT2D eigenvalue weighted by atomic mass is 9.84. The summed E-state index contributed by atoms with van der Waals surface area (Å²) in [6.45, 7) is 17.1. The number of aromatic nitrogens is 1. The summed E-state index contributed by atoms with van der Waals surface area (Å²) in [5.74, 6) is -3.24. The number of esters is 1. The van der Waals surface area contributed by atoms with Crippen LogP contribution in [0.1, 0.15) is 83.7 Å². The summed E-state index contributed by atoms with van der Waals surface area (Å²) in [4.78, 5) is 50.9. The SMILES string of the molecule is C=C/C(=C(\N=C/C)[C@H](C)OC)c1c2c3cc(ccc3n1CC)C1CSC(=N1)C[C@H](NC(=O)[C@H]1[C@H](C)[C@@H]1C(F)F)C(=O)N1CCC[C@H](N1)C(=O)OCC(C)(C)C2. The summed E-state index contributed by atoms with van der Waals surface area (Å²) in [6.07, 6.45) is 2.33. The number of methoxy groups -OCH3 is 1. The normalized spacial score (nSPS) is 28.1. The Hall–Kier alpha value is -3.88. The highest BCUT2D eigenvalue weighted by Gasteiger charge is 2.57. The zero-order valence-electron chi connectivity index (χ0n) is 32.9. The average molecular weight is 781 g/mol. The van der Waals surface area contributed by atoms with Crippen molar-refractivity contribution in [3.63, 3.8) is 0 Å². The second kappa shape index (κ2) is 16.7. The fourth-order valence-corrected chi connectivity index (χ4v) is 9.38. The molecule has 1 unspecified atom stereocenters. The van der Waals surface area contributed by atoms with Crippen molar-refractivity contribution in [2.75, 3.05) is 26.0 Å². The van der Waals surface area contributed by atoms with E-state index in [1.54, 1.807) is 20.2 Å². The van der Waals surface area contributed by atoms with Gasteiger partial charge >= 0.3 is 5.97 Å². The van der Waals surface area contributed by atoms with Crippen LogP contribution in [0.3, 0.4) is 0 Å². The van der Waals surface area contributed by atoms with Crippen molar-refractivity contribution in [3.05, 3.63) is 53.4 Å². The number of fused-ring (bicyclic) bond motifs is 5. The molecule has 298 valence electrons. The van der Waals surface area contributed by atoms with E-state index in [1.807, 2.05) is 19.9 Å². The van der Waals surface area contributed by atoms with E-state index in [4.69, 9.17) is 19.5 Å². The molecule has 1 aromatic carbocycles. The van der Waals surface area contributed by atoms with Crippen molar-refractivity contribution in [1.82, 2.24) is 20.3 Å². The molecule has 1 aromatic heterocycles. The monoisotopic (exact) mass is 780 g/mol. The van der Waals surface area contributed by atoms with E-state index in [2.05, 4.69) is 60.9 Å². The molecule has 2 N–H and O–H groups in total. The Bertz CT molecular complexity index is 1920. The predicted octanol–water partition coefficient (Wildman–Crippen LogP) is 6.51. The molecule has 1 saturated carbocycles. The molecule has 0 spiro atoms. The van der Waals surface area contributed by atoms with Gasteiger partial charge in [0, 0.05) is 72.3 Å². The topological polar surface area (TPSA) is 127 Å². The van der Waals surface area contributed by atoms with Crippen molar-refractivity contribution in [1.29, 1.82) is 0 Å². The minimum Gasteiger partial charge on any atom is -0.464 e. The molecule has 6 bridgehead atoms. The first-order valence-electron chi connectivity index (χ1n) is 19.3. The first kappa shape index (κ1) is 40.8. The van der Waals surface area contributed by atoms with Crippen LogP contribution < -0.4 is 10.7 Å². The van der Waals surface area contributed by atoms with Crippen LogP contribution in [-0.4, -0.2) is 89.2 Å². The van der Waals surface area contributed by atoms with Gasteiger partial charge in [-0.15, -0.1) is 11.8 Å². The average Bonchev–Trinajstić information content (AvgIpc) is 3.48. The molecule has 14 heteroatoms. The minimum atomic E-state index is -2.62. The number of thioether (sulfide) groups is 1. The molecule has 1 saturated heterocycles. The van der Waals surface area contributed by atoms with Crippen LogP contribution in [0.25, 0.3) is 16.5 Å². The zero-order valence-corrected chi connectivity index (χ0v) is 33.7. The molecular formula is C41H54F2N6O5S. The van der Waals surface area contributed by atoms with Crippen LogP contribution in [0.4, 0.5) is 8.78 Å². The van der Waals surface area contributed by atoms with Crippen molar-refractivity contribution in [2.45, 2.75) is 104 Å². The lowest BCUT2D eigenvalue weighted by Gasteiger charge is -2.35. The number of carbonyl (C=O) groups excluding carboxylic acids is 3. The molecule has 7 atom stereocenters. The van der Waals surface area contributed by atoms with E-state index in [0.29, 0.717) is 43.1 Å². The number of benzene rings is 1. The summed E-state index contributed by atoms with van der Waals surface area (Å²) in [5, 5.41) is 5.91. The summed E-state index contributed by atoms with van der Waals surface area (Å²) >= 11 is 1.52. The number of aryl methyl sites for hydroxylation is 1. The van der Waals surface area contributed by atoms with Crippen LogP contribution in [0.2, 0.25) is 0 Å². The van der Waals surface area contributed by atoms with Gasteiger partial charge in [0.15, 0.2) is 0 Å². The van der Waals surface area contributed by atoms with E-state index >= 15 is 0 Å². The zero-order chi connectivity index (χ0) is 39.8. The van der Waals surface area contributed by atoms with Crippen LogP contribution in [0.15, 0.2) is 46.5 Å². The van der Waals surface area contributed by atoms with Gasteiger partial charge in [-0.3, -0.25) is 29.4 Å². The molecule has 0 radical (unpaired) electrons. The highest BCUT2D eigenvalue weighted by molar-refractivity contribution is 8.14. The number of allylic oxidation sites excluding steroid dienone is 2. The highest BCUT2D eigenvalue weighted by atomic mass is 32.2. The number of nitrogens with one attached hydrogen (secondary N) is 2. The molecule has 4 aliphatic rings. The molecule has 2 amide bonds. The number of carbonyl (C=O) groups is 3. The maximum absolute atomic E-state index is 14.1. The van der Waals surface area contributed by atoms with Gasteiger partial charge in [0.2, 0.25) is 12.3 Å². The van der Waals surface area contributed by atoms with Crippen LogP contribution in [0, 0.1) is 23.2 Å². The van der Waals surface area contributed by atoms with Gasteiger partial charge in [-0.2, -0.15) is 0 Å². The lowest BCUT2D eigenvalue weighted by molar-refractivity contribution is -0.155. The van der Waals surface area contributed by atoms with Crippen LogP contribution in [0.5, 0.6) is 0 Å².